The molecule has 0 aliphatic carbocycles. The lowest BCUT2D eigenvalue weighted by Crippen LogP contribution is -2.13. The summed E-state index contributed by atoms with van der Waals surface area (Å²) < 4.78 is 0. The lowest BCUT2D eigenvalue weighted by molar-refractivity contribution is -0.145. The summed E-state index contributed by atoms with van der Waals surface area (Å²) in [6.07, 6.45) is 4.95. The van der Waals surface area contributed by atoms with Gasteiger partial charge in [-0.2, -0.15) is 0 Å². The number of aromatic amines is 1. The third-order valence-electron chi connectivity index (χ3n) is 1.25. The van der Waals surface area contributed by atoms with Gasteiger partial charge in [-0.25, -0.2) is 9.78 Å². The number of nitrogens with one attached hydrogen (secondary N) is 1. The molecule has 78 valence electrons. The van der Waals surface area contributed by atoms with Crippen LogP contribution in [0.5, 0.6) is 0 Å². The highest BCUT2D eigenvalue weighted by Gasteiger charge is 2.01. The molecule has 0 saturated carbocycles. The van der Waals surface area contributed by atoms with Crippen molar-refractivity contribution in [2.75, 3.05) is 0 Å². The molecule has 1 aromatic rings. The van der Waals surface area contributed by atoms with Gasteiger partial charge in [0.25, 0.3) is 0 Å². The van der Waals surface area contributed by atoms with E-state index in [0.717, 1.165) is 12.2 Å². The number of aromatic nitrogens is 2. The van der Waals surface area contributed by atoms with Gasteiger partial charge < -0.3 is 15.2 Å². The van der Waals surface area contributed by atoms with E-state index in [4.69, 9.17) is 10.2 Å². The number of allylic oxidation sites excluding steroid dienone is 1. The molecular weight excluding hydrogens is 184 g/mol. The minimum Gasteiger partial charge on any atom is -0.479 e. The summed E-state index contributed by atoms with van der Waals surface area (Å²) in [6, 6.07) is 0. The molecule has 1 atom stereocenters. The smallest absolute Gasteiger partial charge is 0.332 e. The standard InChI is InChI=1S/C6H8N2.C3H6O3/c1-2-3-6-7-4-5-8-6;1-2(4)3(5)6/h2,4-5H,1,3H2,(H,7,8);2,4H,1H3,(H,5,6). The van der Waals surface area contributed by atoms with Gasteiger partial charge in [0.05, 0.1) is 0 Å². The molecular formula is C9H14N2O3. The van der Waals surface area contributed by atoms with Gasteiger partial charge in [0.2, 0.25) is 0 Å². The molecule has 1 unspecified atom stereocenters. The molecule has 14 heavy (non-hydrogen) atoms. The van der Waals surface area contributed by atoms with Crippen LogP contribution < -0.4 is 0 Å². The Kier molecular flexibility index (Phi) is 6.06. The van der Waals surface area contributed by atoms with Crippen LogP contribution in [-0.2, 0) is 11.2 Å². The second-order valence-corrected chi connectivity index (χ2v) is 2.54. The summed E-state index contributed by atoms with van der Waals surface area (Å²) in [5, 5.41) is 15.8. The quantitative estimate of drug-likeness (QED) is 0.620. The maximum Gasteiger partial charge on any atom is 0.332 e. The van der Waals surface area contributed by atoms with Crippen molar-refractivity contribution in [1.82, 2.24) is 9.97 Å². The largest absolute Gasteiger partial charge is 0.479 e. The van der Waals surface area contributed by atoms with E-state index in [-0.39, 0.29) is 0 Å². The molecule has 3 N–H and O–H groups in total. The molecule has 1 rings (SSSR count). The first-order valence-corrected chi connectivity index (χ1v) is 4.08. The Morgan fingerprint density at radius 3 is 2.71 bits per heavy atom. The van der Waals surface area contributed by atoms with Gasteiger partial charge in [-0.05, 0) is 6.92 Å². The maximum absolute atomic E-state index is 9.45. The molecule has 5 heteroatoms. The van der Waals surface area contributed by atoms with Gasteiger partial charge in [-0.15, -0.1) is 6.58 Å². The van der Waals surface area contributed by atoms with Crippen molar-refractivity contribution >= 4 is 5.97 Å². The molecule has 1 heterocycles. The van der Waals surface area contributed by atoms with Gasteiger partial charge in [-0.1, -0.05) is 6.08 Å². The maximum atomic E-state index is 9.45. The highest BCUT2D eigenvalue weighted by Crippen LogP contribution is 1.88. The number of aliphatic hydroxyl groups is 1. The Hall–Kier alpha value is -1.62. The van der Waals surface area contributed by atoms with E-state index in [9.17, 15) is 4.79 Å². The number of nitrogens with zero attached hydrogens (tertiary/aromatic N) is 1. The van der Waals surface area contributed by atoms with Crippen molar-refractivity contribution in [3.63, 3.8) is 0 Å². The molecule has 0 aliphatic rings. The number of carboxylic acid groups (broad SMARTS) is 1. The number of imidazole rings is 1. The lowest BCUT2D eigenvalue weighted by atomic mass is 10.4. The van der Waals surface area contributed by atoms with Crippen LogP contribution in [0.1, 0.15) is 12.7 Å². The molecule has 0 amide bonds. The first-order chi connectivity index (χ1) is 6.57. The Bertz CT molecular complexity index is 268. The summed E-state index contributed by atoms with van der Waals surface area (Å²) in [5.41, 5.74) is 0. The molecule has 0 radical (unpaired) electrons. The minimum absolute atomic E-state index is 0.826. The van der Waals surface area contributed by atoms with Crippen molar-refractivity contribution in [3.8, 4) is 0 Å². The average molecular weight is 198 g/mol. The third kappa shape index (κ3) is 5.96. The molecule has 0 fully saturated rings. The van der Waals surface area contributed by atoms with Gasteiger partial charge in [0, 0.05) is 18.8 Å². The summed E-state index contributed by atoms with van der Waals surface area (Å²) in [7, 11) is 0. The molecule has 0 saturated heterocycles. The van der Waals surface area contributed by atoms with E-state index >= 15 is 0 Å². The van der Waals surface area contributed by atoms with Gasteiger partial charge in [0.1, 0.15) is 11.9 Å². The van der Waals surface area contributed by atoms with E-state index in [2.05, 4.69) is 16.5 Å². The van der Waals surface area contributed by atoms with E-state index < -0.39 is 12.1 Å². The summed E-state index contributed by atoms with van der Waals surface area (Å²) in [5.74, 6) is -0.213. The highest BCUT2D eigenvalue weighted by atomic mass is 16.4. The van der Waals surface area contributed by atoms with Crippen LogP contribution in [0.2, 0.25) is 0 Å². The molecule has 0 bridgehead atoms. The second kappa shape index (κ2) is 6.85. The van der Waals surface area contributed by atoms with Crippen LogP contribution >= 0.6 is 0 Å². The van der Waals surface area contributed by atoms with Crippen molar-refractivity contribution in [2.24, 2.45) is 0 Å². The van der Waals surface area contributed by atoms with E-state index in [1.165, 1.54) is 6.92 Å². The van der Waals surface area contributed by atoms with Crippen molar-refractivity contribution in [1.29, 1.82) is 0 Å². The fourth-order valence-electron chi connectivity index (χ4n) is 0.546. The van der Waals surface area contributed by atoms with Crippen molar-refractivity contribution < 1.29 is 15.0 Å². The van der Waals surface area contributed by atoms with Crippen LogP contribution in [0.3, 0.4) is 0 Å². The van der Waals surface area contributed by atoms with Crippen LogP contribution in [-0.4, -0.2) is 32.3 Å². The SMILES string of the molecule is C=CCc1ncc[nH]1.CC(O)C(=O)O. The second-order valence-electron chi connectivity index (χ2n) is 2.54. The highest BCUT2D eigenvalue weighted by molar-refractivity contribution is 5.71. The molecule has 0 aromatic carbocycles. The molecule has 0 aliphatic heterocycles. The van der Waals surface area contributed by atoms with Crippen LogP contribution in [0, 0.1) is 0 Å². The van der Waals surface area contributed by atoms with E-state index in [1.54, 1.807) is 12.4 Å². The monoisotopic (exact) mass is 198 g/mol. The van der Waals surface area contributed by atoms with Crippen molar-refractivity contribution in [3.05, 3.63) is 30.9 Å². The minimum atomic E-state index is -1.23. The molecule has 5 nitrogen and oxygen atoms in total. The lowest BCUT2D eigenvalue weighted by Gasteiger charge is -1.89. The molecule has 1 aromatic heterocycles. The molecule has 0 spiro atoms. The summed E-state index contributed by atoms with van der Waals surface area (Å²) in [4.78, 5) is 16.4. The fourth-order valence-corrected chi connectivity index (χ4v) is 0.546. The van der Waals surface area contributed by atoms with Crippen LogP contribution in [0.25, 0.3) is 0 Å². The number of H-pyrrole nitrogens is 1. The predicted molar refractivity (Wildman–Crippen MR) is 51.8 cm³/mol. The van der Waals surface area contributed by atoms with Crippen LogP contribution in [0.4, 0.5) is 0 Å². The third-order valence-corrected chi connectivity index (χ3v) is 1.25. The first-order valence-electron chi connectivity index (χ1n) is 4.08. The van der Waals surface area contributed by atoms with Gasteiger partial charge in [-0.3, -0.25) is 0 Å². The number of hydrogen-bond acceptors (Lipinski definition) is 3. The fraction of sp³-hybridized carbons (Fsp3) is 0.333. The Morgan fingerprint density at radius 2 is 2.43 bits per heavy atom. The summed E-state index contributed by atoms with van der Waals surface area (Å²) in [6.45, 7) is 4.77. The van der Waals surface area contributed by atoms with E-state index in [1.807, 2.05) is 6.08 Å². The summed E-state index contributed by atoms with van der Waals surface area (Å²) >= 11 is 0. The predicted octanol–water partition coefficient (Wildman–Crippen LogP) is 0.590. The number of carbonyl (C=O) groups is 1. The zero-order chi connectivity index (χ0) is 11.0. The van der Waals surface area contributed by atoms with Crippen molar-refractivity contribution in [2.45, 2.75) is 19.4 Å². The van der Waals surface area contributed by atoms with Crippen LogP contribution in [0.15, 0.2) is 25.0 Å². The number of aliphatic carboxylic acids is 1. The Labute approximate surface area is 82.1 Å². The van der Waals surface area contributed by atoms with E-state index in [0.29, 0.717) is 0 Å². The normalized spacial score (nSPS) is 11.0. The zero-order valence-electron chi connectivity index (χ0n) is 7.97. The number of aliphatic hydroxyl groups excluding tert-OH is 1. The Morgan fingerprint density at radius 1 is 1.86 bits per heavy atom. The van der Waals surface area contributed by atoms with Gasteiger partial charge >= 0.3 is 5.97 Å². The number of hydrogen-bond donors (Lipinski definition) is 3. The Balaban J connectivity index is 0.000000255. The average Bonchev–Trinajstić information content (AvgIpc) is 2.58. The number of rotatable bonds is 3. The first kappa shape index (κ1) is 12.4. The topological polar surface area (TPSA) is 86.2 Å². The number of carboxylic acids is 1. The zero-order valence-corrected chi connectivity index (χ0v) is 7.97. The van der Waals surface area contributed by atoms with Gasteiger partial charge in [0.15, 0.2) is 0 Å².